The number of hydrogen-bond donors (Lipinski definition) is 0. The van der Waals surface area contributed by atoms with Crippen LogP contribution in [0.3, 0.4) is 0 Å². The lowest BCUT2D eigenvalue weighted by molar-refractivity contribution is 0.0601. The van der Waals surface area contributed by atoms with Crippen molar-refractivity contribution in [1.82, 2.24) is 4.57 Å². The number of nitrogens with zero attached hydrogens (tertiary/aromatic N) is 2. The zero-order valence-electron chi connectivity index (χ0n) is 14.7. The van der Waals surface area contributed by atoms with Crippen LogP contribution in [-0.2, 0) is 16.5 Å². The van der Waals surface area contributed by atoms with Gasteiger partial charge in [0.15, 0.2) is 0 Å². The summed E-state index contributed by atoms with van der Waals surface area (Å²) in [6.07, 6.45) is 0. The van der Waals surface area contributed by atoms with E-state index in [2.05, 4.69) is 4.90 Å². The van der Waals surface area contributed by atoms with Crippen molar-refractivity contribution in [3.63, 3.8) is 0 Å². The molecule has 1 aromatic heterocycles. The van der Waals surface area contributed by atoms with Crippen molar-refractivity contribution in [3.05, 3.63) is 51.8 Å². The molecule has 0 aliphatic carbocycles. The molecule has 1 aromatic carbocycles. The highest BCUT2D eigenvalue weighted by atomic mass is 16.5. The number of morpholine rings is 1. The molecule has 0 unspecified atom stereocenters. The molecule has 2 heterocycles. The minimum absolute atomic E-state index is 0.0176. The fraction of sp³-hybridized carbons (Fsp3) is 0.368. The maximum atomic E-state index is 12.7. The van der Waals surface area contributed by atoms with Crippen LogP contribution in [0.1, 0.15) is 15.9 Å². The van der Waals surface area contributed by atoms with Crippen LogP contribution in [0.5, 0.6) is 0 Å². The molecular weight excluding hydrogens is 320 g/mol. The lowest BCUT2D eigenvalue weighted by Gasteiger charge is -2.30. The van der Waals surface area contributed by atoms with E-state index in [0.29, 0.717) is 24.3 Å². The van der Waals surface area contributed by atoms with E-state index in [9.17, 15) is 9.59 Å². The van der Waals surface area contributed by atoms with Gasteiger partial charge in [-0.1, -0.05) is 12.1 Å². The van der Waals surface area contributed by atoms with Crippen molar-refractivity contribution in [2.24, 2.45) is 7.05 Å². The van der Waals surface area contributed by atoms with Gasteiger partial charge in [0.2, 0.25) is 0 Å². The fourth-order valence-electron chi connectivity index (χ4n) is 3.10. The number of hydrogen-bond acceptors (Lipinski definition) is 5. The minimum atomic E-state index is -0.374. The third-order valence-corrected chi connectivity index (χ3v) is 4.60. The summed E-state index contributed by atoms with van der Waals surface area (Å²) in [6, 6.07) is 9.16. The van der Waals surface area contributed by atoms with Crippen molar-refractivity contribution in [2.45, 2.75) is 6.92 Å². The molecule has 6 nitrogen and oxygen atoms in total. The summed E-state index contributed by atoms with van der Waals surface area (Å²) in [7, 11) is 3.15. The number of carbonyl (C=O) groups excluding carboxylic acids is 1. The highest BCUT2D eigenvalue weighted by Crippen LogP contribution is 2.26. The predicted octanol–water partition coefficient (Wildman–Crippen LogP) is 1.98. The maximum Gasteiger partial charge on any atom is 0.337 e. The fourth-order valence-corrected chi connectivity index (χ4v) is 3.10. The van der Waals surface area contributed by atoms with Gasteiger partial charge >= 0.3 is 5.97 Å². The topological polar surface area (TPSA) is 60.8 Å². The van der Waals surface area contributed by atoms with Crippen molar-refractivity contribution in [1.29, 1.82) is 0 Å². The summed E-state index contributed by atoms with van der Waals surface area (Å²) in [5.74, 6) is 0.507. The Bertz CT molecular complexity index is 834. The molecule has 25 heavy (non-hydrogen) atoms. The Kier molecular flexibility index (Phi) is 4.90. The Balaban J connectivity index is 2.05. The smallest absolute Gasteiger partial charge is 0.337 e. The van der Waals surface area contributed by atoms with Gasteiger partial charge in [-0.25, -0.2) is 4.79 Å². The van der Waals surface area contributed by atoms with E-state index in [-0.39, 0.29) is 11.5 Å². The van der Waals surface area contributed by atoms with E-state index in [1.54, 1.807) is 23.7 Å². The summed E-state index contributed by atoms with van der Waals surface area (Å²) in [5, 5.41) is 0. The summed E-state index contributed by atoms with van der Waals surface area (Å²) in [4.78, 5) is 26.4. The molecule has 2 aromatic rings. The van der Waals surface area contributed by atoms with Crippen LogP contribution in [0.25, 0.3) is 11.1 Å². The first-order valence-electron chi connectivity index (χ1n) is 8.25. The average Bonchev–Trinajstić information content (AvgIpc) is 2.66. The lowest BCUT2D eigenvalue weighted by Crippen LogP contribution is -2.39. The van der Waals surface area contributed by atoms with Crippen LogP contribution in [0.15, 0.2) is 35.1 Å². The SMILES string of the molecule is COC(=O)c1ccc(-c2cc(N3CCOCC3)n(C)c(=O)c2C)cc1. The van der Waals surface area contributed by atoms with E-state index in [0.717, 1.165) is 30.0 Å². The second-order valence-electron chi connectivity index (χ2n) is 6.07. The molecule has 3 rings (SSSR count). The number of esters is 1. The maximum absolute atomic E-state index is 12.7. The minimum Gasteiger partial charge on any atom is -0.465 e. The number of ether oxygens (including phenoxy) is 2. The van der Waals surface area contributed by atoms with Crippen molar-refractivity contribution in [2.75, 3.05) is 38.3 Å². The van der Waals surface area contributed by atoms with Crippen LogP contribution in [-0.4, -0.2) is 43.9 Å². The van der Waals surface area contributed by atoms with Crippen molar-refractivity contribution in [3.8, 4) is 11.1 Å². The monoisotopic (exact) mass is 342 g/mol. The Labute approximate surface area is 146 Å². The van der Waals surface area contributed by atoms with E-state index < -0.39 is 0 Å². The zero-order chi connectivity index (χ0) is 18.0. The Hall–Kier alpha value is -2.60. The molecule has 1 aliphatic rings. The molecule has 0 spiro atoms. The molecule has 0 N–H and O–H groups in total. The van der Waals surface area contributed by atoms with Crippen LogP contribution in [0.4, 0.5) is 5.82 Å². The van der Waals surface area contributed by atoms with Crippen LogP contribution in [0.2, 0.25) is 0 Å². The highest BCUT2D eigenvalue weighted by molar-refractivity contribution is 5.90. The van der Waals surface area contributed by atoms with Crippen molar-refractivity contribution < 1.29 is 14.3 Å². The molecule has 1 aliphatic heterocycles. The third-order valence-electron chi connectivity index (χ3n) is 4.60. The van der Waals surface area contributed by atoms with Gasteiger partial charge < -0.3 is 14.4 Å². The predicted molar refractivity (Wildman–Crippen MR) is 96.2 cm³/mol. The van der Waals surface area contributed by atoms with Gasteiger partial charge in [-0.3, -0.25) is 9.36 Å². The largest absolute Gasteiger partial charge is 0.465 e. The molecule has 6 heteroatoms. The zero-order valence-corrected chi connectivity index (χ0v) is 14.7. The van der Waals surface area contributed by atoms with E-state index in [1.165, 1.54) is 7.11 Å². The first kappa shape index (κ1) is 17.2. The van der Waals surface area contributed by atoms with Gasteiger partial charge in [-0.05, 0) is 36.2 Å². The number of benzene rings is 1. The quantitative estimate of drug-likeness (QED) is 0.798. The molecule has 1 saturated heterocycles. The van der Waals surface area contributed by atoms with Gasteiger partial charge in [0.1, 0.15) is 5.82 Å². The van der Waals surface area contributed by atoms with E-state index >= 15 is 0 Å². The molecule has 0 atom stereocenters. The summed E-state index contributed by atoms with van der Waals surface area (Å²) in [5.41, 5.74) is 2.93. The number of aromatic nitrogens is 1. The normalized spacial score (nSPS) is 14.4. The van der Waals surface area contributed by atoms with Crippen LogP contribution >= 0.6 is 0 Å². The van der Waals surface area contributed by atoms with E-state index in [1.807, 2.05) is 25.1 Å². The molecule has 0 radical (unpaired) electrons. The number of pyridine rings is 1. The third kappa shape index (κ3) is 3.30. The molecule has 132 valence electrons. The number of rotatable bonds is 3. The lowest BCUT2D eigenvalue weighted by atomic mass is 10.0. The van der Waals surface area contributed by atoms with Gasteiger partial charge in [-0.2, -0.15) is 0 Å². The summed E-state index contributed by atoms with van der Waals surface area (Å²) < 4.78 is 11.8. The molecule has 0 amide bonds. The number of carbonyl (C=O) groups is 1. The highest BCUT2D eigenvalue weighted by Gasteiger charge is 2.18. The second-order valence-corrected chi connectivity index (χ2v) is 6.07. The molecule has 0 saturated carbocycles. The average molecular weight is 342 g/mol. The van der Waals surface area contributed by atoms with Gasteiger partial charge in [0.05, 0.1) is 25.9 Å². The number of methoxy groups -OCH3 is 1. The number of anilines is 1. The summed E-state index contributed by atoms with van der Waals surface area (Å²) >= 11 is 0. The van der Waals surface area contributed by atoms with Crippen LogP contribution in [0, 0.1) is 6.92 Å². The van der Waals surface area contributed by atoms with Crippen molar-refractivity contribution >= 4 is 11.8 Å². The van der Waals surface area contributed by atoms with Gasteiger partial charge in [0.25, 0.3) is 5.56 Å². The van der Waals surface area contributed by atoms with E-state index in [4.69, 9.17) is 9.47 Å². The summed E-state index contributed by atoms with van der Waals surface area (Å²) in [6.45, 7) is 4.67. The molecule has 1 fully saturated rings. The standard InChI is InChI=1S/C19H22N2O4/c1-13-16(14-4-6-15(7-5-14)19(23)24-3)12-17(20(2)18(13)22)21-8-10-25-11-9-21/h4-7,12H,8-11H2,1-3H3. The first-order chi connectivity index (χ1) is 12.0. The molecular formula is C19H22N2O4. The van der Waals surface area contributed by atoms with Crippen LogP contribution < -0.4 is 10.5 Å². The van der Waals surface area contributed by atoms with Gasteiger partial charge in [-0.15, -0.1) is 0 Å². The Morgan fingerprint density at radius 1 is 1.16 bits per heavy atom. The van der Waals surface area contributed by atoms with Gasteiger partial charge in [0, 0.05) is 25.7 Å². The molecule has 0 bridgehead atoms. The Morgan fingerprint density at radius 2 is 1.80 bits per heavy atom. The Morgan fingerprint density at radius 3 is 2.40 bits per heavy atom. The first-order valence-corrected chi connectivity index (χ1v) is 8.25. The second kappa shape index (κ2) is 7.11.